The molecule has 0 heterocycles. The molecule has 1 fully saturated rings. The summed E-state index contributed by atoms with van der Waals surface area (Å²) in [7, 11) is 0. The molecule has 140 valence electrons. The van der Waals surface area contributed by atoms with Crippen molar-refractivity contribution in [3.63, 3.8) is 0 Å². The molecular weight excluding hydrogens is 320 g/mol. The second-order valence-corrected chi connectivity index (χ2v) is 7.52. The second-order valence-electron chi connectivity index (χ2n) is 7.52. The van der Waals surface area contributed by atoms with Crippen LogP contribution in [0.3, 0.4) is 0 Å². The van der Waals surface area contributed by atoms with E-state index in [1.54, 1.807) is 0 Å². The first kappa shape index (κ1) is 19.0. The van der Waals surface area contributed by atoms with Crippen LogP contribution in [0.1, 0.15) is 69.4 Å². The quantitative estimate of drug-likeness (QED) is 0.505. The van der Waals surface area contributed by atoms with Crippen LogP contribution in [0.4, 0.5) is 0 Å². The van der Waals surface area contributed by atoms with Gasteiger partial charge in [-0.1, -0.05) is 75.6 Å². The van der Waals surface area contributed by atoms with E-state index in [1.807, 2.05) is 6.07 Å². The van der Waals surface area contributed by atoms with E-state index in [9.17, 15) is 0 Å². The van der Waals surface area contributed by atoms with E-state index < -0.39 is 0 Å². The minimum atomic E-state index is -0.229. The molecule has 2 aromatic rings. The lowest BCUT2D eigenvalue weighted by Crippen LogP contribution is -2.30. The summed E-state index contributed by atoms with van der Waals surface area (Å²) in [6.45, 7) is 4.49. The summed E-state index contributed by atoms with van der Waals surface area (Å²) >= 11 is 0. The minimum absolute atomic E-state index is 0.229. The minimum Gasteiger partial charge on any atom is -0.465 e. The van der Waals surface area contributed by atoms with Gasteiger partial charge in [0, 0.05) is 6.42 Å². The smallest absolute Gasteiger partial charge is 0.204 e. The highest BCUT2D eigenvalue weighted by atomic mass is 16.7. The fourth-order valence-electron chi connectivity index (χ4n) is 3.62. The van der Waals surface area contributed by atoms with Crippen LogP contribution < -0.4 is 4.74 Å². The number of benzene rings is 2. The van der Waals surface area contributed by atoms with Crippen molar-refractivity contribution in [2.75, 3.05) is 0 Å². The fourth-order valence-corrected chi connectivity index (χ4v) is 3.62. The zero-order valence-electron chi connectivity index (χ0n) is 16.2. The van der Waals surface area contributed by atoms with Crippen LogP contribution in [-0.2, 0) is 11.2 Å². The van der Waals surface area contributed by atoms with Gasteiger partial charge in [-0.05, 0) is 48.4 Å². The van der Waals surface area contributed by atoms with Crippen LogP contribution in [0.15, 0.2) is 54.6 Å². The summed E-state index contributed by atoms with van der Waals surface area (Å²) < 4.78 is 12.7. The van der Waals surface area contributed by atoms with E-state index in [0.29, 0.717) is 12.0 Å². The topological polar surface area (TPSA) is 18.5 Å². The van der Waals surface area contributed by atoms with Crippen molar-refractivity contribution in [2.45, 2.75) is 77.1 Å². The van der Waals surface area contributed by atoms with E-state index in [4.69, 9.17) is 9.47 Å². The molecular formula is C24H32O2. The maximum absolute atomic E-state index is 6.40. The van der Waals surface area contributed by atoms with Gasteiger partial charge in [0.1, 0.15) is 5.75 Å². The first-order valence-corrected chi connectivity index (χ1v) is 10.2. The summed E-state index contributed by atoms with van der Waals surface area (Å²) in [5.74, 6) is 1.46. The molecule has 0 saturated heterocycles. The van der Waals surface area contributed by atoms with Gasteiger partial charge in [0.15, 0.2) is 0 Å². The van der Waals surface area contributed by atoms with Crippen LogP contribution in [0.25, 0.3) is 0 Å². The van der Waals surface area contributed by atoms with Crippen LogP contribution in [-0.4, -0.2) is 12.4 Å². The zero-order valence-corrected chi connectivity index (χ0v) is 16.2. The van der Waals surface area contributed by atoms with Crippen LogP contribution in [0.2, 0.25) is 0 Å². The molecule has 3 rings (SSSR count). The Bertz CT molecular complexity index is 646. The Kier molecular flexibility index (Phi) is 7.13. The van der Waals surface area contributed by atoms with Crippen molar-refractivity contribution in [3.8, 4) is 5.75 Å². The SMILES string of the molecule is CCC(C)c1cccc(OC(Cc2ccccc2)OC2CCCCC2)c1. The standard InChI is InChI=1S/C24H32O2/c1-3-19(2)21-13-10-16-23(18-21)26-24(17-20-11-6-4-7-12-20)25-22-14-8-5-9-15-22/h4,6-7,10-13,16,18-19,22,24H,3,5,8-9,14-15,17H2,1-2H3. The molecule has 2 atom stereocenters. The predicted octanol–water partition coefficient (Wildman–Crippen LogP) is 6.50. The maximum atomic E-state index is 6.40. The Morgan fingerprint density at radius 3 is 2.46 bits per heavy atom. The lowest BCUT2D eigenvalue weighted by molar-refractivity contribution is -0.127. The first-order valence-electron chi connectivity index (χ1n) is 10.2. The normalized spacial score (nSPS) is 17.6. The third-order valence-corrected chi connectivity index (χ3v) is 5.45. The molecule has 1 aliphatic rings. The third kappa shape index (κ3) is 5.60. The van der Waals surface area contributed by atoms with E-state index in [-0.39, 0.29) is 6.29 Å². The molecule has 0 aromatic heterocycles. The van der Waals surface area contributed by atoms with Gasteiger partial charge in [-0.15, -0.1) is 0 Å². The summed E-state index contributed by atoms with van der Waals surface area (Å²) in [5.41, 5.74) is 2.59. The summed E-state index contributed by atoms with van der Waals surface area (Å²) in [4.78, 5) is 0. The van der Waals surface area contributed by atoms with Crippen molar-refractivity contribution >= 4 is 0 Å². The molecule has 0 radical (unpaired) electrons. The number of ether oxygens (including phenoxy) is 2. The van der Waals surface area contributed by atoms with Gasteiger partial charge in [-0.25, -0.2) is 0 Å². The Balaban J connectivity index is 1.71. The number of rotatable bonds is 8. The van der Waals surface area contributed by atoms with Crippen LogP contribution in [0.5, 0.6) is 5.75 Å². The Morgan fingerprint density at radius 1 is 0.962 bits per heavy atom. The second kappa shape index (κ2) is 9.78. The van der Waals surface area contributed by atoms with E-state index in [1.165, 1.54) is 30.4 Å². The zero-order chi connectivity index (χ0) is 18.2. The average molecular weight is 353 g/mol. The van der Waals surface area contributed by atoms with Gasteiger partial charge in [-0.3, -0.25) is 0 Å². The van der Waals surface area contributed by atoms with Gasteiger partial charge in [0.05, 0.1) is 6.10 Å². The molecule has 0 amide bonds. The Morgan fingerprint density at radius 2 is 1.73 bits per heavy atom. The molecule has 2 unspecified atom stereocenters. The molecule has 2 nitrogen and oxygen atoms in total. The molecule has 0 N–H and O–H groups in total. The van der Waals surface area contributed by atoms with E-state index in [0.717, 1.165) is 31.4 Å². The van der Waals surface area contributed by atoms with Gasteiger partial charge in [0.2, 0.25) is 6.29 Å². The Labute approximate surface area is 158 Å². The first-order chi connectivity index (χ1) is 12.7. The highest BCUT2D eigenvalue weighted by Gasteiger charge is 2.21. The summed E-state index contributed by atoms with van der Waals surface area (Å²) in [6, 6.07) is 19.0. The van der Waals surface area contributed by atoms with Crippen LogP contribution in [0, 0.1) is 0 Å². The van der Waals surface area contributed by atoms with Crippen molar-refractivity contribution in [2.24, 2.45) is 0 Å². The molecule has 1 saturated carbocycles. The van der Waals surface area contributed by atoms with E-state index in [2.05, 4.69) is 62.4 Å². The van der Waals surface area contributed by atoms with Crippen molar-refractivity contribution < 1.29 is 9.47 Å². The molecule has 2 heteroatoms. The average Bonchev–Trinajstić information content (AvgIpc) is 2.69. The Hall–Kier alpha value is -1.80. The number of hydrogen-bond acceptors (Lipinski definition) is 2. The lowest BCUT2D eigenvalue weighted by Gasteiger charge is -2.28. The van der Waals surface area contributed by atoms with Gasteiger partial charge >= 0.3 is 0 Å². The highest BCUT2D eigenvalue weighted by Crippen LogP contribution is 2.26. The molecule has 0 bridgehead atoms. The summed E-state index contributed by atoms with van der Waals surface area (Å²) in [5, 5.41) is 0. The monoisotopic (exact) mass is 352 g/mol. The van der Waals surface area contributed by atoms with Gasteiger partial charge < -0.3 is 9.47 Å². The van der Waals surface area contributed by atoms with Crippen molar-refractivity contribution in [3.05, 3.63) is 65.7 Å². The molecule has 0 spiro atoms. The third-order valence-electron chi connectivity index (χ3n) is 5.45. The molecule has 26 heavy (non-hydrogen) atoms. The fraction of sp³-hybridized carbons (Fsp3) is 0.500. The van der Waals surface area contributed by atoms with Gasteiger partial charge in [-0.2, -0.15) is 0 Å². The van der Waals surface area contributed by atoms with Crippen molar-refractivity contribution in [1.82, 2.24) is 0 Å². The maximum Gasteiger partial charge on any atom is 0.204 e. The largest absolute Gasteiger partial charge is 0.465 e. The molecule has 0 aliphatic heterocycles. The van der Waals surface area contributed by atoms with E-state index >= 15 is 0 Å². The summed E-state index contributed by atoms with van der Waals surface area (Å²) in [6.07, 6.45) is 8.20. The molecule has 1 aliphatic carbocycles. The van der Waals surface area contributed by atoms with Crippen LogP contribution >= 0.6 is 0 Å². The van der Waals surface area contributed by atoms with Crippen molar-refractivity contribution in [1.29, 1.82) is 0 Å². The van der Waals surface area contributed by atoms with Gasteiger partial charge in [0.25, 0.3) is 0 Å². The predicted molar refractivity (Wildman–Crippen MR) is 108 cm³/mol. The lowest BCUT2D eigenvalue weighted by atomic mass is 9.97. The molecule has 2 aromatic carbocycles. The highest BCUT2D eigenvalue weighted by molar-refractivity contribution is 5.30. The number of hydrogen-bond donors (Lipinski definition) is 0.